The molecule has 0 spiro atoms. The van der Waals surface area contributed by atoms with Crippen LogP contribution in [0.25, 0.3) is 0 Å². The minimum absolute atomic E-state index is 0.416. The molecule has 0 radical (unpaired) electrons. The third-order valence-corrected chi connectivity index (χ3v) is 2.38. The fourth-order valence-corrected chi connectivity index (χ4v) is 1.63. The van der Waals surface area contributed by atoms with Crippen molar-refractivity contribution in [2.45, 2.75) is 32.2 Å². The number of likely N-dealkylation sites (tertiary alicyclic amines) is 1. The summed E-state index contributed by atoms with van der Waals surface area (Å²) in [6.45, 7) is 2.48. The highest BCUT2D eigenvalue weighted by molar-refractivity contribution is 5.88. The lowest BCUT2D eigenvalue weighted by molar-refractivity contribution is -0.140. The number of hydrogen-bond donors (Lipinski definition) is 1. The Labute approximate surface area is 86.4 Å². The maximum Gasteiger partial charge on any atom is 0.267 e. The van der Waals surface area contributed by atoms with Crippen molar-refractivity contribution >= 4 is 11.8 Å². The molecule has 6 heteroatoms. The minimum atomic E-state index is -3.01. The van der Waals surface area contributed by atoms with E-state index < -0.39 is 42.7 Å². The van der Waals surface area contributed by atoms with Gasteiger partial charge in [0.1, 0.15) is 6.04 Å². The van der Waals surface area contributed by atoms with Gasteiger partial charge in [0.2, 0.25) is 11.8 Å². The molecule has 0 saturated carbocycles. The molecule has 86 valence electrons. The van der Waals surface area contributed by atoms with E-state index in [1.807, 2.05) is 0 Å². The monoisotopic (exact) mass is 220 g/mol. The van der Waals surface area contributed by atoms with Crippen molar-refractivity contribution in [3.8, 4) is 0 Å². The Balaban J connectivity index is 2.87. The molecule has 0 unspecified atom stereocenters. The van der Waals surface area contributed by atoms with Gasteiger partial charge in [-0.05, 0) is 0 Å². The van der Waals surface area contributed by atoms with E-state index >= 15 is 0 Å². The molecule has 0 aromatic carbocycles. The molecule has 1 heterocycles. The topological polar surface area (TPSA) is 63.4 Å². The number of rotatable bonds is 2. The van der Waals surface area contributed by atoms with Gasteiger partial charge in [-0.1, -0.05) is 13.8 Å². The maximum atomic E-state index is 13.0. The van der Waals surface area contributed by atoms with Crippen LogP contribution in [0.2, 0.25) is 0 Å². The number of amides is 2. The van der Waals surface area contributed by atoms with Gasteiger partial charge in [0.15, 0.2) is 0 Å². The molecule has 0 bridgehead atoms. The van der Waals surface area contributed by atoms with Gasteiger partial charge < -0.3 is 10.6 Å². The first kappa shape index (κ1) is 11.9. The number of alkyl halides is 2. The van der Waals surface area contributed by atoms with Crippen molar-refractivity contribution < 1.29 is 18.4 Å². The molecule has 1 aliphatic heterocycles. The van der Waals surface area contributed by atoms with Crippen LogP contribution in [0.1, 0.15) is 20.3 Å². The summed E-state index contributed by atoms with van der Waals surface area (Å²) in [7, 11) is 0. The molecular formula is C9H14F2N2O2. The van der Waals surface area contributed by atoms with E-state index in [0.29, 0.717) is 0 Å². The fraction of sp³-hybridized carbons (Fsp3) is 0.778. The molecular weight excluding hydrogens is 206 g/mol. The van der Waals surface area contributed by atoms with Crippen LogP contribution in [0.4, 0.5) is 8.78 Å². The molecule has 1 fully saturated rings. The predicted octanol–water partition coefficient (Wildman–Crippen LogP) is 0.364. The van der Waals surface area contributed by atoms with E-state index in [4.69, 9.17) is 5.73 Å². The van der Waals surface area contributed by atoms with Crippen LogP contribution in [0.5, 0.6) is 0 Å². The summed E-state index contributed by atoms with van der Waals surface area (Å²) in [6, 6.07) is -1.17. The van der Waals surface area contributed by atoms with E-state index in [0.717, 1.165) is 4.90 Å². The molecule has 0 aromatic rings. The zero-order valence-electron chi connectivity index (χ0n) is 8.67. The van der Waals surface area contributed by atoms with Gasteiger partial charge in [0.05, 0.1) is 6.54 Å². The number of halogens is 2. The molecule has 1 rings (SSSR count). The van der Waals surface area contributed by atoms with Gasteiger partial charge in [-0.25, -0.2) is 8.78 Å². The summed E-state index contributed by atoms with van der Waals surface area (Å²) >= 11 is 0. The first-order valence-electron chi connectivity index (χ1n) is 4.72. The summed E-state index contributed by atoms with van der Waals surface area (Å²) in [4.78, 5) is 23.3. The third-order valence-electron chi connectivity index (χ3n) is 2.38. The van der Waals surface area contributed by atoms with Crippen LogP contribution >= 0.6 is 0 Å². The molecule has 0 aliphatic carbocycles. The molecule has 1 atom stereocenters. The lowest BCUT2D eigenvalue weighted by Gasteiger charge is -2.23. The third kappa shape index (κ3) is 2.43. The lowest BCUT2D eigenvalue weighted by Crippen LogP contribution is -2.45. The first-order valence-corrected chi connectivity index (χ1v) is 4.72. The first-order chi connectivity index (χ1) is 6.74. The highest BCUT2D eigenvalue weighted by Crippen LogP contribution is 2.32. The van der Waals surface area contributed by atoms with Crippen molar-refractivity contribution in [1.29, 1.82) is 0 Å². The maximum absolute atomic E-state index is 13.0. The Morgan fingerprint density at radius 1 is 1.47 bits per heavy atom. The predicted molar refractivity (Wildman–Crippen MR) is 49.1 cm³/mol. The smallest absolute Gasteiger partial charge is 0.267 e. The van der Waals surface area contributed by atoms with Crippen LogP contribution < -0.4 is 5.73 Å². The number of carbonyl (C=O) groups excluding carboxylic acids is 2. The summed E-state index contributed by atoms with van der Waals surface area (Å²) in [6.07, 6.45) is -0.666. The average molecular weight is 220 g/mol. The van der Waals surface area contributed by atoms with Crippen molar-refractivity contribution in [2.24, 2.45) is 11.7 Å². The number of primary amides is 1. The second kappa shape index (κ2) is 3.75. The summed E-state index contributed by atoms with van der Waals surface area (Å²) in [5.41, 5.74) is 4.98. The van der Waals surface area contributed by atoms with E-state index in [9.17, 15) is 18.4 Å². The van der Waals surface area contributed by atoms with Crippen LogP contribution in [-0.2, 0) is 9.59 Å². The van der Waals surface area contributed by atoms with Crippen molar-refractivity contribution in [1.82, 2.24) is 4.90 Å². The number of hydrogen-bond acceptors (Lipinski definition) is 2. The highest BCUT2D eigenvalue weighted by Gasteiger charge is 2.49. The van der Waals surface area contributed by atoms with Gasteiger partial charge >= 0.3 is 0 Å². The second-order valence-corrected chi connectivity index (χ2v) is 4.10. The zero-order chi connectivity index (χ0) is 11.8. The van der Waals surface area contributed by atoms with E-state index in [1.165, 1.54) is 0 Å². The second-order valence-electron chi connectivity index (χ2n) is 4.10. The van der Waals surface area contributed by atoms with Crippen LogP contribution in [0.3, 0.4) is 0 Å². The Hall–Kier alpha value is -1.20. The van der Waals surface area contributed by atoms with Crippen LogP contribution in [0, 0.1) is 5.92 Å². The summed E-state index contributed by atoms with van der Waals surface area (Å²) in [5, 5.41) is 0. The summed E-state index contributed by atoms with van der Waals surface area (Å²) < 4.78 is 26.1. The Morgan fingerprint density at radius 3 is 2.40 bits per heavy atom. The van der Waals surface area contributed by atoms with Crippen LogP contribution in [0.15, 0.2) is 0 Å². The highest BCUT2D eigenvalue weighted by atomic mass is 19.3. The number of carbonyl (C=O) groups is 2. The SMILES string of the molecule is CC(C)C(=O)N1CC(F)(F)C[C@H]1C(N)=O. The van der Waals surface area contributed by atoms with Crippen molar-refractivity contribution in [3.63, 3.8) is 0 Å². The number of nitrogens with zero attached hydrogens (tertiary/aromatic N) is 1. The van der Waals surface area contributed by atoms with Gasteiger partial charge in [0.25, 0.3) is 5.92 Å². The largest absolute Gasteiger partial charge is 0.368 e. The standard InChI is InChI=1S/C9H14F2N2O2/c1-5(2)8(15)13-4-9(10,11)3-6(13)7(12)14/h5-6H,3-4H2,1-2H3,(H2,12,14)/t6-/m0/s1. The van der Waals surface area contributed by atoms with Crippen molar-refractivity contribution in [3.05, 3.63) is 0 Å². The molecule has 1 saturated heterocycles. The Kier molecular flexibility index (Phi) is 2.97. The van der Waals surface area contributed by atoms with Gasteiger partial charge in [0, 0.05) is 12.3 Å². The fourth-order valence-electron chi connectivity index (χ4n) is 1.63. The van der Waals surface area contributed by atoms with Crippen LogP contribution in [-0.4, -0.2) is 35.2 Å². The van der Waals surface area contributed by atoms with Gasteiger partial charge in [-0.15, -0.1) is 0 Å². The zero-order valence-corrected chi connectivity index (χ0v) is 8.67. The molecule has 0 aromatic heterocycles. The normalized spacial score (nSPS) is 24.6. The van der Waals surface area contributed by atoms with Gasteiger partial charge in [-0.3, -0.25) is 9.59 Å². The van der Waals surface area contributed by atoms with E-state index in [1.54, 1.807) is 13.8 Å². The lowest BCUT2D eigenvalue weighted by atomic mass is 10.1. The van der Waals surface area contributed by atoms with Crippen molar-refractivity contribution in [2.75, 3.05) is 6.54 Å². The van der Waals surface area contributed by atoms with E-state index in [-0.39, 0.29) is 0 Å². The van der Waals surface area contributed by atoms with E-state index in [2.05, 4.69) is 0 Å². The Morgan fingerprint density at radius 2 is 2.00 bits per heavy atom. The molecule has 15 heavy (non-hydrogen) atoms. The molecule has 4 nitrogen and oxygen atoms in total. The summed E-state index contributed by atoms with van der Waals surface area (Å²) in [5.74, 6) is -4.76. The molecule has 2 N–H and O–H groups in total. The molecule has 2 amide bonds. The average Bonchev–Trinajstić information content (AvgIpc) is 2.40. The minimum Gasteiger partial charge on any atom is -0.368 e. The number of nitrogens with two attached hydrogens (primary N) is 1. The van der Waals surface area contributed by atoms with Gasteiger partial charge in [-0.2, -0.15) is 0 Å². The molecule has 1 aliphatic rings. The Bertz CT molecular complexity index is 292. The quantitative estimate of drug-likeness (QED) is 0.730.